The summed E-state index contributed by atoms with van der Waals surface area (Å²) in [6, 6.07) is 5.01. The van der Waals surface area contributed by atoms with Gasteiger partial charge in [0.05, 0.1) is 28.9 Å². The van der Waals surface area contributed by atoms with Gasteiger partial charge in [-0.1, -0.05) is 0 Å². The van der Waals surface area contributed by atoms with Crippen molar-refractivity contribution in [3.63, 3.8) is 0 Å². The average molecular weight is 387 g/mol. The summed E-state index contributed by atoms with van der Waals surface area (Å²) in [5.74, 6) is 0.855. The van der Waals surface area contributed by atoms with Crippen molar-refractivity contribution in [2.45, 2.75) is 44.8 Å². The Morgan fingerprint density at radius 3 is 2.71 bits per heavy atom. The maximum absolute atomic E-state index is 12.9. The number of benzene rings is 1. The Kier molecular flexibility index (Phi) is 4.07. The number of hydrogen-bond donors (Lipinski definition) is 2. The average Bonchev–Trinajstić information content (AvgIpc) is 3.57. The molecule has 0 spiro atoms. The third-order valence-corrected chi connectivity index (χ3v) is 5.18. The minimum absolute atomic E-state index is 0.00228. The van der Waals surface area contributed by atoms with Crippen molar-refractivity contribution in [3.8, 4) is 22.8 Å². The van der Waals surface area contributed by atoms with Gasteiger partial charge in [-0.15, -0.1) is 0 Å². The standard InChI is InChI=1S/C20H19F2N3O3/c21-20(22)28-16-8-11(3-6-15(16)27-12-4-5-12)18-13(7-10-1-2-10)17-14(24-18)9-23-25-19(17)26/h3,6,8-10,12,20,24H,1-2,4-5,7H2,(H,25,26). The summed E-state index contributed by atoms with van der Waals surface area (Å²) in [5, 5.41) is 6.91. The lowest BCUT2D eigenvalue weighted by molar-refractivity contribution is -0.0515. The van der Waals surface area contributed by atoms with E-state index in [1.54, 1.807) is 24.4 Å². The van der Waals surface area contributed by atoms with Crippen LogP contribution in [0.2, 0.25) is 0 Å². The Morgan fingerprint density at radius 2 is 2.00 bits per heavy atom. The smallest absolute Gasteiger partial charge is 0.387 e. The third kappa shape index (κ3) is 3.34. The lowest BCUT2D eigenvalue weighted by Crippen LogP contribution is -2.08. The summed E-state index contributed by atoms with van der Waals surface area (Å²) >= 11 is 0. The summed E-state index contributed by atoms with van der Waals surface area (Å²) in [4.78, 5) is 15.6. The fraction of sp³-hybridized carbons (Fsp3) is 0.400. The van der Waals surface area contributed by atoms with Crippen molar-refractivity contribution in [1.82, 2.24) is 15.2 Å². The number of H-pyrrole nitrogens is 2. The van der Waals surface area contributed by atoms with Crippen LogP contribution in [0.1, 0.15) is 31.2 Å². The summed E-state index contributed by atoms with van der Waals surface area (Å²) in [6.45, 7) is -2.95. The van der Waals surface area contributed by atoms with Crippen molar-refractivity contribution in [2.75, 3.05) is 0 Å². The summed E-state index contributed by atoms with van der Waals surface area (Å²) < 4.78 is 36.3. The van der Waals surface area contributed by atoms with Crippen LogP contribution < -0.4 is 15.0 Å². The van der Waals surface area contributed by atoms with Crippen LogP contribution in [0, 0.1) is 5.92 Å². The van der Waals surface area contributed by atoms with Crippen LogP contribution in [-0.2, 0) is 6.42 Å². The normalized spacial score (nSPS) is 16.7. The number of aromatic nitrogens is 3. The zero-order chi connectivity index (χ0) is 19.3. The number of nitrogens with zero attached hydrogens (tertiary/aromatic N) is 1. The van der Waals surface area contributed by atoms with Crippen LogP contribution >= 0.6 is 0 Å². The first-order valence-electron chi connectivity index (χ1n) is 9.42. The van der Waals surface area contributed by atoms with Gasteiger partial charge >= 0.3 is 6.61 Å². The molecule has 2 fully saturated rings. The molecular formula is C20H19F2N3O3. The predicted molar refractivity (Wildman–Crippen MR) is 98.9 cm³/mol. The van der Waals surface area contributed by atoms with E-state index in [1.165, 1.54) is 0 Å². The van der Waals surface area contributed by atoms with Crippen LogP contribution in [0.5, 0.6) is 11.5 Å². The number of hydrogen-bond acceptors (Lipinski definition) is 4. The quantitative estimate of drug-likeness (QED) is 0.642. The van der Waals surface area contributed by atoms with E-state index in [0.29, 0.717) is 28.1 Å². The highest BCUT2D eigenvalue weighted by Crippen LogP contribution is 2.41. The SMILES string of the molecule is O=c1[nH]ncc2[nH]c(-c3ccc(OC4CC4)c(OC(F)F)c3)c(CC3CC3)c12. The maximum Gasteiger partial charge on any atom is 0.387 e. The monoisotopic (exact) mass is 387 g/mol. The zero-order valence-corrected chi connectivity index (χ0v) is 15.0. The number of nitrogens with one attached hydrogen (secondary N) is 2. The molecule has 0 bridgehead atoms. The second kappa shape index (κ2) is 6.61. The van der Waals surface area contributed by atoms with Gasteiger partial charge in [0.15, 0.2) is 11.5 Å². The summed E-state index contributed by atoms with van der Waals surface area (Å²) in [5.41, 5.74) is 2.67. The van der Waals surface area contributed by atoms with E-state index in [-0.39, 0.29) is 17.4 Å². The molecule has 1 aromatic carbocycles. The fourth-order valence-electron chi connectivity index (χ4n) is 3.50. The van der Waals surface area contributed by atoms with E-state index in [1.807, 2.05) is 0 Å². The molecule has 3 aromatic rings. The van der Waals surface area contributed by atoms with E-state index < -0.39 is 6.61 Å². The molecule has 28 heavy (non-hydrogen) atoms. The van der Waals surface area contributed by atoms with E-state index >= 15 is 0 Å². The van der Waals surface area contributed by atoms with Gasteiger partial charge in [-0.3, -0.25) is 4.79 Å². The molecule has 0 atom stereocenters. The number of ether oxygens (including phenoxy) is 2. The summed E-state index contributed by atoms with van der Waals surface area (Å²) in [6.07, 6.45) is 6.48. The number of aromatic amines is 2. The molecular weight excluding hydrogens is 368 g/mol. The minimum atomic E-state index is -2.95. The molecule has 2 N–H and O–H groups in total. The highest BCUT2D eigenvalue weighted by Gasteiger charge is 2.28. The van der Waals surface area contributed by atoms with E-state index in [9.17, 15) is 13.6 Å². The Balaban J connectivity index is 1.62. The van der Waals surface area contributed by atoms with Crippen molar-refractivity contribution in [3.05, 3.63) is 40.3 Å². The molecule has 0 saturated heterocycles. The molecule has 2 aliphatic rings. The van der Waals surface area contributed by atoms with Crippen LogP contribution in [-0.4, -0.2) is 27.9 Å². The largest absolute Gasteiger partial charge is 0.487 e. The van der Waals surface area contributed by atoms with Gasteiger partial charge in [0.1, 0.15) is 0 Å². The number of fused-ring (bicyclic) bond motifs is 1. The van der Waals surface area contributed by atoms with Crippen LogP contribution in [0.15, 0.2) is 29.2 Å². The maximum atomic E-state index is 12.9. The molecule has 2 heterocycles. The van der Waals surface area contributed by atoms with Gasteiger partial charge in [0, 0.05) is 5.56 Å². The molecule has 2 saturated carbocycles. The second-order valence-electron chi connectivity index (χ2n) is 7.47. The summed E-state index contributed by atoms with van der Waals surface area (Å²) in [7, 11) is 0. The number of rotatable bonds is 7. The van der Waals surface area contributed by atoms with Gasteiger partial charge in [-0.2, -0.15) is 13.9 Å². The van der Waals surface area contributed by atoms with Crippen LogP contribution in [0.3, 0.4) is 0 Å². The fourth-order valence-corrected chi connectivity index (χ4v) is 3.50. The van der Waals surface area contributed by atoms with Crippen LogP contribution in [0.25, 0.3) is 22.2 Å². The van der Waals surface area contributed by atoms with E-state index in [2.05, 4.69) is 15.2 Å². The lowest BCUT2D eigenvalue weighted by atomic mass is 10.0. The van der Waals surface area contributed by atoms with E-state index in [4.69, 9.17) is 9.47 Å². The Hall–Kier alpha value is -2.90. The zero-order valence-electron chi connectivity index (χ0n) is 15.0. The molecule has 2 aromatic heterocycles. The molecule has 5 rings (SSSR count). The van der Waals surface area contributed by atoms with Crippen molar-refractivity contribution in [1.29, 1.82) is 0 Å². The lowest BCUT2D eigenvalue weighted by Gasteiger charge is -2.14. The molecule has 0 amide bonds. The third-order valence-electron chi connectivity index (χ3n) is 5.18. The predicted octanol–water partition coefficient (Wildman–Crippen LogP) is 4.01. The molecule has 8 heteroatoms. The van der Waals surface area contributed by atoms with Gasteiger partial charge in [-0.25, -0.2) is 5.10 Å². The second-order valence-corrected chi connectivity index (χ2v) is 7.47. The minimum Gasteiger partial charge on any atom is -0.487 e. The van der Waals surface area contributed by atoms with Crippen LogP contribution in [0.4, 0.5) is 8.78 Å². The molecule has 2 aliphatic carbocycles. The number of alkyl halides is 2. The van der Waals surface area contributed by atoms with Gasteiger partial charge in [-0.05, 0) is 61.8 Å². The first-order valence-corrected chi connectivity index (χ1v) is 9.42. The molecule has 0 unspecified atom stereocenters. The van der Waals surface area contributed by atoms with Gasteiger partial charge in [0.25, 0.3) is 5.56 Å². The van der Waals surface area contributed by atoms with Gasteiger partial charge in [0.2, 0.25) is 0 Å². The van der Waals surface area contributed by atoms with E-state index in [0.717, 1.165) is 43.4 Å². The molecule has 0 radical (unpaired) electrons. The first-order chi connectivity index (χ1) is 13.6. The Labute approximate surface area is 158 Å². The van der Waals surface area contributed by atoms with Crippen molar-refractivity contribution in [2.24, 2.45) is 5.92 Å². The van der Waals surface area contributed by atoms with Crippen molar-refractivity contribution < 1.29 is 18.3 Å². The first kappa shape index (κ1) is 17.2. The molecule has 0 aliphatic heterocycles. The Morgan fingerprint density at radius 1 is 1.18 bits per heavy atom. The van der Waals surface area contributed by atoms with Gasteiger partial charge < -0.3 is 14.5 Å². The molecule has 6 nitrogen and oxygen atoms in total. The molecule has 146 valence electrons. The highest BCUT2D eigenvalue weighted by atomic mass is 19.3. The topological polar surface area (TPSA) is 80.0 Å². The number of halogens is 2. The highest BCUT2D eigenvalue weighted by molar-refractivity contribution is 5.90. The Bertz CT molecular complexity index is 1080. The van der Waals surface area contributed by atoms with Crippen molar-refractivity contribution >= 4 is 10.9 Å².